The summed E-state index contributed by atoms with van der Waals surface area (Å²) in [5.74, 6) is -0.0640. The van der Waals surface area contributed by atoms with E-state index < -0.39 is 0 Å². The Kier molecular flexibility index (Phi) is 7.25. The van der Waals surface area contributed by atoms with E-state index in [1.54, 1.807) is 29.2 Å². The number of carbonyl (C=O) groups excluding carboxylic acids is 2. The van der Waals surface area contributed by atoms with Crippen LogP contribution in [0.1, 0.15) is 41.6 Å². The van der Waals surface area contributed by atoms with Gasteiger partial charge in [0, 0.05) is 49.4 Å². The highest BCUT2D eigenvalue weighted by molar-refractivity contribution is 6.30. The van der Waals surface area contributed by atoms with Gasteiger partial charge in [-0.25, -0.2) is 0 Å². The number of carbonyl (C=O) groups is 2. The molecule has 2 aromatic rings. The first-order valence-corrected chi connectivity index (χ1v) is 11.6. The number of hydrogen-bond donors (Lipinski definition) is 1. The molecule has 2 aliphatic rings. The van der Waals surface area contributed by atoms with Crippen molar-refractivity contribution in [2.45, 2.75) is 38.3 Å². The number of nitrogens with zero attached hydrogens (tertiary/aromatic N) is 2. The maximum Gasteiger partial charge on any atom is 0.253 e. The maximum atomic E-state index is 12.9. The summed E-state index contributed by atoms with van der Waals surface area (Å²) in [6, 6.07) is 17.7. The summed E-state index contributed by atoms with van der Waals surface area (Å²) in [5.41, 5.74) is 1.95. The predicted molar refractivity (Wildman–Crippen MR) is 123 cm³/mol. The van der Waals surface area contributed by atoms with Gasteiger partial charge in [0.05, 0.1) is 5.92 Å². The molecule has 2 fully saturated rings. The zero-order chi connectivity index (χ0) is 21.6. The van der Waals surface area contributed by atoms with Crippen LogP contribution < -0.4 is 5.32 Å². The minimum Gasteiger partial charge on any atom is -0.353 e. The van der Waals surface area contributed by atoms with Crippen molar-refractivity contribution in [1.29, 1.82) is 0 Å². The fourth-order valence-corrected chi connectivity index (χ4v) is 4.67. The van der Waals surface area contributed by atoms with E-state index in [1.165, 1.54) is 5.56 Å². The van der Waals surface area contributed by atoms with Crippen molar-refractivity contribution in [1.82, 2.24) is 15.1 Å². The van der Waals surface area contributed by atoms with Gasteiger partial charge < -0.3 is 10.2 Å². The van der Waals surface area contributed by atoms with Crippen molar-refractivity contribution in [3.8, 4) is 0 Å². The van der Waals surface area contributed by atoms with Crippen LogP contribution >= 0.6 is 11.6 Å². The quantitative estimate of drug-likeness (QED) is 0.766. The van der Waals surface area contributed by atoms with Crippen LogP contribution in [-0.4, -0.2) is 53.8 Å². The molecule has 2 aromatic carbocycles. The molecule has 0 aliphatic carbocycles. The molecule has 0 saturated carbocycles. The molecule has 5 nitrogen and oxygen atoms in total. The molecule has 1 N–H and O–H groups in total. The van der Waals surface area contributed by atoms with Gasteiger partial charge >= 0.3 is 0 Å². The van der Waals surface area contributed by atoms with Crippen LogP contribution in [0.5, 0.6) is 0 Å². The first-order valence-electron chi connectivity index (χ1n) is 11.2. The fraction of sp³-hybridized carbons (Fsp3) is 0.440. The van der Waals surface area contributed by atoms with Gasteiger partial charge in [-0.2, -0.15) is 0 Å². The molecule has 2 aliphatic heterocycles. The van der Waals surface area contributed by atoms with E-state index in [-0.39, 0.29) is 23.8 Å². The van der Waals surface area contributed by atoms with Gasteiger partial charge in [-0.1, -0.05) is 41.9 Å². The van der Waals surface area contributed by atoms with Gasteiger partial charge in [-0.3, -0.25) is 14.5 Å². The van der Waals surface area contributed by atoms with Crippen molar-refractivity contribution in [2.75, 3.05) is 26.2 Å². The normalized spacial score (nSPS) is 20.4. The van der Waals surface area contributed by atoms with E-state index >= 15 is 0 Å². The molecule has 1 unspecified atom stereocenters. The molecule has 0 radical (unpaired) electrons. The highest BCUT2D eigenvalue weighted by atomic mass is 35.5. The zero-order valence-electron chi connectivity index (χ0n) is 17.8. The Hall–Kier alpha value is -2.37. The average Bonchev–Trinajstić information content (AvgIpc) is 2.81. The van der Waals surface area contributed by atoms with Crippen LogP contribution in [0.15, 0.2) is 54.6 Å². The Morgan fingerprint density at radius 1 is 0.935 bits per heavy atom. The molecule has 0 bridgehead atoms. The van der Waals surface area contributed by atoms with Gasteiger partial charge in [0.1, 0.15) is 0 Å². The van der Waals surface area contributed by atoms with Crippen molar-refractivity contribution >= 4 is 23.4 Å². The predicted octanol–water partition coefficient (Wildman–Crippen LogP) is 3.97. The highest BCUT2D eigenvalue weighted by Gasteiger charge is 2.30. The lowest BCUT2D eigenvalue weighted by Crippen LogP contribution is -2.50. The lowest BCUT2D eigenvalue weighted by molar-refractivity contribution is -0.127. The van der Waals surface area contributed by atoms with Gasteiger partial charge in [0.15, 0.2) is 0 Å². The van der Waals surface area contributed by atoms with Gasteiger partial charge in [0.25, 0.3) is 5.91 Å². The Morgan fingerprint density at radius 3 is 2.35 bits per heavy atom. The number of benzene rings is 2. The van der Waals surface area contributed by atoms with Crippen molar-refractivity contribution in [3.05, 3.63) is 70.7 Å². The van der Waals surface area contributed by atoms with Crippen LogP contribution in [0.25, 0.3) is 0 Å². The number of piperidine rings is 2. The van der Waals surface area contributed by atoms with Crippen molar-refractivity contribution < 1.29 is 9.59 Å². The molecule has 6 heteroatoms. The van der Waals surface area contributed by atoms with E-state index in [4.69, 9.17) is 11.6 Å². The summed E-state index contributed by atoms with van der Waals surface area (Å²) in [5, 5.41) is 3.87. The summed E-state index contributed by atoms with van der Waals surface area (Å²) in [4.78, 5) is 30.0. The Bertz CT molecular complexity index is 879. The minimum absolute atomic E-state index is 0.0246. The molecule has 2 heterocycles. The lowest BCUT2D eigenvalue weighted by atomic mass is 9.95. The van der Waals surface area contributed by atoms with Gasteiger partial charge in [0.2, 0.25) is 5.91 Å². The zero-order valence-corrected chi connectivity index (χ0v) is 18.6. The molecule has 4 rings (SSSR count). The maximum absolute atomic E-state index is 12.9. The molecular weight excluding hydrogens is 410 g/mol. The van der Waals surface area contributed by atoms with Crippen LogP contribution in [-0.2, 0) is 11.3 Å². The first kappa shape index (κ1) is 21.8. The second-order valence-corrected chi connectivity index (χ2v) is 9.08. The topological polar surface area (TPSA) is 52.7 Å². The summed E-state index contributed by atoms with van der Waals surface area (Å²) in [7, 11) is 0. The number of amides is 2. The highest BCUT2D eigenvalue weighted by Crippen LogP contribution is 2.21. The number of halogens is 1. The van der Waals surface area contributed by atoms with Crippen LogP contribution in [0.2, 0.25) is 5.02 Å². The molecule has 2 amide bonds. The lowest BCUT2D eigenvalue weighted by Gasteiger charge is -2.35. The Morgan fingerprint density at radius 2 is 1.65 bits per heavy atom. The van der Waals surface area contributed by atoms with E-state index in [0.29, 0.717) is 23.7 Å². The monoisotopic (exact) mass is 439 g/mol. The Balaban J connectivity index is 1.25. The van der Waals surface area contributed by atoms with Crippen molar-refractivity contribution in [3.63, 3.8) is 0 Å². The average molecular weight is 440 g/mol. The molecule has 0 spiro atoms. The minimum atomic E-state index is -0.132. The number of hydrogen-bond acceptors (Lipinski definition) is 3. The van der Waals surface area contributed by atoms with Crippen LogP contribution in [0.3, 0.4) is 0 Å². The number of rotatable bonds is 5. The number of likely N-dealkylation sites (tertiary alicyclic amines) is 2. The van der Waals surface area contributed by atoms with E-state index in [1.807, 2.05) is 6.07 Å². The molecule has 2 saturated heterocycles. The van der Waals surface area contributed by atoms with E-state index in [2.05, 4.69) is 34.5 Å². The summed E-state index contributed by atoms with van der Waals surface area (Å²) >= 11 is 5.93. The molecule has 1 atom stereocenters. The van der Waals surface area contributed by atoms with Gasteiger partial charge in [-0.15, -0.1) is 0 Å². The third kappa shape index (κ3) is 5.86. The van der Waals surface area contributed by atoms with Crippen LogP contribution in [0, 0.1) is 5.92 Å². The number of nitrogens with one attached hydrogen (secondary N) is 1. The fourth-order valence-electron chi connectivity index (χ4n) is 4.55. The second-order valence-electron chi connectivity index (χ2n) is 8.64. The molecular formula is C25H30ClN3O2. The van der Waals surface area contributed by atoms with Crippen molar-refractivity contribution in [2.24, 2.45) is 5.92 Å². The second kappa shape index (κ2) is 10.3. The molecule has 164 valence electrons. The Labute approximate surface area is 189 Å². The third-order valence-electron chi connectivity index (χ3n) is 6.35. The molecule has 31 heavy (non-hydrogen) atoms. The standard InChI is InChI=1S/C25H30ClN3O2/c26-22-10-8-20(9-11-22)25(31)29-14-4-7-21(18-29)24(30)27-23-12-15-28(16-13-23)17-19-5-2-1-3-6-19/h1-3,5-6,8-11,21,23H,4,7,12-18H2,(H,27,30). The SMILES string of the molecule is O=C(NC1CCN(Cc2ccccc2)CC1)C1CCCN(C(=O)c2ccc(Cl)cc2)C1. The molecule has 0 aromatic heterocycles. The summed E-state index contributed by atoms with van der Waals surface area (Å²) < 4.78 is 0. The van der Waals surface area contributed by atoms with E-state index in [0.717, 1.165) is 45.3 Å². The van der Waals surface area contributed by atoms with Crippen LogP contribution in [0.4, 0.5) is 0 Å². The summed E-state index contributed by atoms with van der Waals surface area (Å²) in [6.45, 7) is 4.13. The largest absolute Gasteiger partial charge is 0.353 e. The van der Waals surface area contributed by atoms with E-state index in [9.17, 15) is 9.59 Å². The smallest absolute Gasteiger partial charge is 0.253 e. The van der Waals surface area contributed by atoms with Gasteiger partial charge in [-0.05, 0) is 55.5 Å². The summed E-state index contributed by atoms with van der Waals surface area (Å²) in [6.07, 6.45) is 3.63. The first-order chi connectivity index (χ1) is 15.1. The third-order valence-corrected chi connectivity index (χ3v) is 6.61.